The van der Waals surface area contributed by atoms with Crippen LogP contribution in [-0.2, 0) is 0 Å². The first kappa shape index (κ1) is 12.5. The number of hydrogen-bond donors (Lipinski definition) is 3. The number of aromatic amines is 2. The molecule has 0 atom stereocenters. The highest BCUT2D eigenvalue weighted by atomic mass is 32.1. The Morgan fingerprint density at radius 1 is 1.30 bits per heavy atom. The maximum atomic E-state index is 5.04. The van der Waals surface area contributed by atoms with Gasteiger partial charge in [0.1, 0.15) is 5.82 Å². The highest BCUT2D eigenvalue weighted by Gasteiger charge is 2.03. The molecule has 0 spiro atoms. The summed E-state index contributed by atoms with van der Waals surface area (Å²) in [5, 5.41) is 11.7. The van der Waals surface area contributed by atoms with Gasteiger partial charge in [-0.2, -0.15) is 10.2 Å². The summed E-state index contributed by atoms with van der Waals surface area (Å²) < 4.78 is 0.370. The van der Waals surface area contributed by atoms with Gasteiger partial charge in [-0.1, -0.05) is 29.8 Å². The third-order valence-electron chi connectivity index (χ3n) is 2.80. The largest absolute Gasteiger partial charge is 0.315 e. The number of H-pyrrole nitrogens is 2. The van der Waals surface area contributed by atoms with Crippen molar-refractivity contribution in [2.24, 2.45) is 5.10 Å². The van der Waals surface area contributed by atoms with Crippen LogP contribution in [0.25, 0.3) is 11.0 Å². The second-order valence-corrected chi connectivity index (χ2v) is 4.72. The van der Waals surface area contributed by atoms with Crippen molar-refractivity contribution in [1.29, 1.82) is 0 Å². The molecule has 2 aromatic heterocycles. The van der Waals surface area contributed by atoms with Crippen molar-refractivity contribution in [3.05, 3.63) is 46.4 Å². The van der Waals surface area contributed by atoms with Crippen LogP contribution in [0.15, 0.2) is 35.6 Å². The van der Waals surface area contributed by atoms with E-state index in [1.165, 1.54) is 5.56 Å². The molecule has 20 heavy (non-hydrogen) atoms. The van der Waals surface area contributed by atoms with Crippen LogP contribution >= 0.6 is 12.2 Å². The maximum absolute atomic E-state index is 5.04. The number of hydrogen-bond acceptors (Lipinski definition) is 5. The molecule has 2 heterocycles. The molecule has 0 unspecified atom stereocenters. The Morgan fingerprint density at radius 3 is 2.90 bits per heavy atom. The first-order valence-electron chi connectivity index (χ1n) is 6.01. The molecule has 0 amide bonds. The van der Waals surface area contributed by atoms with Gasteiger partial charge in [-0.25, -0.2) is 4.98 Å². The summed E-state index contributed by atoms with van der Waals surface area (Å²) >= 11 is 5.04. The average Bonchev–Trinajstić information content (AvgIpc) is 2.89. The van der Waals surface area contributed by atoms with Crippen LogP contribution in [0, 0.1) is 11.7 Å². The van der Waals surface area contributed by atoms with Gasteiger partial charge in [-0.05, 0) is 24.7 Å². The van der Waals surface area contributed by atoms with Crippen molar-refractivity contribution >= 4 is 35.3 Å². The van der Waals surface area contributed by atoms with E-state index in [-0.39, 0.29) is 0 Å². The molecule has 0 saturated carbocycles. The fourth-order valence-corrected chi connectivity index (χ4v) is 1.96. The number of fused-ring (bicyclic) bond motifs is 1. The lowest BCUT2D eigenvalue weighted by Gasteiger charge is -2.01. The SMILES string of the molecule is Cc1ccc(C=NNc2[nH]c(=S)nc3[nH]ncc23)cc1. The lowest BCUT2D eigenvalue weighted by atomic mass is 10.2. The summed E-state index contributed by atoms with van der Waals surface area (Å²) in [6.07, 6.45) is 3.40. The van der Waals surface area contributed by atoms with E-state index in [0.29, 0.717) is 16.2 Å². The summed E-state index contributed by atoms with van der Waals surface area (Å²) in [4.78, 5) is 7.07. The molecular formula is C13H12N6S. The highest BCUT2D eigenvalue weighted by molar-refractivity contribution is 7.71. The van der Waals surface area contributed by atoms with Gasteiger partial charge < -0.3 is 4.98 Å². The van der Waals surface area contributed by atoms with Crippen LogP contribution in [-0.4, -0.2) is 26.4 Å². The number of nitrogens with one attached hydrogen (secondary N) is 3. The Morgan fingerprint density at radius 2 is 2.10 bits per heavy atom. The molecule has 3 N–H and O–H groups in total. The standard InChI is InChI=1S/C13H12N6S/c1-8-2-4-9(5-3-8)6-14-18-11-10-7-15-19-12(10)17-13(20)16-11/h2-7H,1H3,(H3,15,16,17,18,19,20). The lowest BCUT2D eigenvalue weighted by Crippen LogP contribution is -1.96. The van der Waals surface area contributed by atoms with Crippen molar-refractivity contribution in [1.82, 2.24) is 20.2 Å². The summed E-state index contributed by atoms with van der Waals surface area (Å²) in [7, 11) is 0. The van der Waals surface area contributed by atoms with E-state index >= 15 is 0 Å². The Balaban J connectivity index is 1.84. The van der Waals surface area contributed by atoms with Crippen molar-refractivity contribution < 1.29 is 0 Å². The van der Waals surface area contributed by atoms with Gasteiger partial charge in [0.15, 0.2) is 10.4 Å². The van der Waals surface area contributed by atoms with Crippen LogP contribution < -0.4 is 5.43 Å². The third kappa shape index (κ3) is 2.57. The minimum absolute atomic E-state index is 0.370. The zero-order valence-corrected chi connectivity index (χ0v) is 11.5. The van der Waals surface area contributed by atoms with Gasteiger partial charge in [-0.15, -0.1) is 0 Å². The number of nitrogens with zero attached hydrogens (tertiary/aromatic N) is 3. The smallest absolute Gasteiger partial charge is 0.200 e. The zero-order valence-electron chi connectivity index (χ0n) is 10.7. The third-order valence-corrected chi connectivity index (χ3v) is 2.99. The summed E-state index contributed by atoms with van der Waals surface area (Å²) in [5.74, 6) is 0.664. The fraction of sp³-hybridized carbons (Fsp3) is 0.0769. The van der Waals surface area contributed by atoms with Crippen molar-refractivity contribution in [3.63, 3.8) is 0 Å². The first-order chi connectivity index (χ1) is 9.72. The number of aryl methyl sites for hydroxylation is 1. The molecule has 0 aliphatic heterocycles. The number of aromatic nitrogens is 4. The topological polar surface area (TPSA) is 81.8 Å². The molecule has 0 radical (unpaired) electrons. The van der Waals surface area contributed by atoms with Crippen LogP contribution in [0.5, 0.6) is 0 Å². The average molecular weight is 284 g/mol. The molecule has 7 heteroatoms. The molecular weight excluding hydrogens is 272 g/mol. The predicted molar refractivity (Wildman–Crippen MR) is 81.5 cm³/mol. The Labute approximate surface area is 120 Å². The van der Waals surface area contributed by atoms with E-state index in [9.17, 15) is 0 Å². The monoisotopic (exact) mass is 284 g/mol. The molecule has 3 rings (SSSR count). The number of rotatable bonds is 3. The summed E-state index contributed by atoms with van der Waals surface area (Å²) in [6, 6.07) is 8.08. The molecule has 0 bridgehead atoms. The van der Waals surface area contributed by atoms with Crippen LogP contribution in [0.3, 0.4) is 0 Å². The van der Waals surface area contributed by atoms with E-state index in [1.807, 2.05) is 31.2 Å². The molecule has 0 aliphatic carbocycles. The molecule has 0 saturated heterocycles. The summed E-state index contributed by atoms with van der Waals surface area (Å²) in [5.41, 5.74) is 5.78. The minimum Gasteiger partial charge on any atom is -0.315 e. The van der Waals surface area contributed by atoms with E-state index in [4.69, 9.17) is 12.2 Å². The molecule has 3 aromatic rings. The van der Waals surface area contributed by atoms with Crippen LogP contribution in [0.2, 0.25) is 0 Å². The molecule has 0 fully saturated rings. The van der Waals surface area contributed by atoms with Gasteiger partial charge in [0.2, 0.25) is 0 Å². The number of benzene rings is 1. The summed E-state index contributed by atoms with van der Waals surface area (Å²) in [6.45, 7) is 2.05. The minimum atomic E-state index is 0.370. The second kappa shape index (κ2) is 5.22. The van der Waals surface area contributed by atoms with Gasteiger partial charge in [-0.3, -0.25) is 10.5 Å². The van der Waals surface area contributed by atoms with Crippen molar-refractivity contribution in [3.8, 4) is 0 Å². The molecule has 100 valence electrons. The van der Waals surface area contributed by atoms with Crippen LogP contribution in [0.1, 0.15) is 11.1 Å². The van der Waals surface area contributed by atoms with Crippen LogP contribution in [0.4, 0.5) is 5.82 Å². The van der Waals surface area contributed by atoms with Gasteiger partial charge in [0, 0.05) is 0 Å². The molecule has 6 nitrogen and oxygen atoms in total. The zero-order chi connectivity index (χ0) is 13.9. The van der Waals surface area contributed by atoms with E-state index in [2.05, 4.69) is 30.7 Å². The van der Waals surface area contributed by atoms with E-state index in [1.54, 1.807) is 12.4 Å². The quantitative estimate of drug-likeness (QED) is 0.392. The Hall–Kier alpha value is -2.54. The normalized spacial score (nSPS) is 11.2. The van der Waals surface area contributed by atoms with Gasteiger partial charge in [0.25, 0.3) is 0 Å². The number of anilines is 1. The van der Waals surface area contributed by atoms with Crippen molar-refractivity contribution in [2.75, 3.05) is 5.43 Å². The number of hydrazone groups is 1. The Kier molecular flexibility index (Phi) is 3.26. The second-order valence-electron chi connectivity index (χ2n) is 4.33. The van der Waals surface area contributed by atoms with Gasteiger partial charge in [0.05, 0.1) is 17.8 Å². The fourth-order valence-electron chi connectivity index (χ4n) is 1.76. The highest BCUT2D eigenvalue weighted by Crippen LogP contribution is 2.16. The molecule has 1 aromatic carbocycles. The maximum Gasteiger partial charge on any atom is 0.200 e. The van der Waals surface area contributed by atoms with Gasteiger partial charge >= 0.3 is 0 Å². The predicted octanol–water partition coefficient (Wildman–Crippen LogP) is 2.77. The van der Waals surface area contributed by atoms with E-state index in [0.717, 1.165) is 10.9 Å². The first-order valence-corrected chi connectivity index (χ1v) is 6.42. The van der Waals surface area contributed by atoms with Crippen molar-refractivity contribution in [2.45, 2.75) is 6.92 Å². The lowest BCUT2D eigenvalue weighted by molar-refractivity contribution is 1.08. The Bertz CT molecular complexity index is 815. The molecule has 0 aliphatic rings. The van der Waals surface area contributed by atoms with E-state index < -0.39 is 0 Å².